The SMILES string of the molecule is CCCC/C=C/CC/C=C/CCCCCCCC(=O)OC. The highest BCUT2D eigenvalue weighted by Gasteiger charge is 1.98. The van der Waals surface area contributed by atoms with Gasteiger partial charge in [-0.15, -0.1) is 0 Å². The zero-order valence-electron chi connectivity index (χ0n) is 14.1. The van der Waals surface area contributed by atoms with Gasteiger partial charge in [0.25, 0.3) is 0 Å². The van der Waals surface area contributed by atoms with E-state index in [1.807, 2.05) is 0 Å². The monoisotopic (exact) mass is 294 g/mol. The minimum atomic E-state index is -0.0818. The highest BCUT2D eigenvalue weighted by molar-refractivity contribution is 5.68. The number of hydrogen-bond donors (Lipinski definition) is 0. The highest BCUT2D eigenvalue weighted by Crippen LogP contribution is 2.08. The van der Waals surface area contributed by atoms with E-state index < -0.39 is 0 Å². The predicted octanol–water partition coefficient (Wildman–Crippen LogP) is 5.97. The van der Waals surface area contributed by atoms with Crippen molar-refractivity contribution in [2.75, 3.05) is 7.11 Å². The second-order valence-electron chi connectivity index (χ2n) is 5.54. The van der Waals surface area contributed by atoms with Crippen molar-refractivity contribution in [3.05, 3.63) is 24.3 Å². The lowest BCUT2D eigenvalue weighted by Gasteiger charge is -2.00. The van der Waals surface area contributed by atoms with Crippen molar-refractivity contribution in [2.24, 2.45) is 0 Å². The summed E-state index contributed by atoms with van der Waals surface area (Å²) in [5.41, 5.74) is 0. The first kappa shape index (κ1) is 19.9. The summed E-state index contributed by atoms with van der Waals surface area (Å²) in [5.74, 6) is -0.0818. The van der Waals surface area contributed by atoms with Crippen LogP contribution < -0.4 is 0 Å². The van der Waals surface area contributed by atoms with Gasteiger partial charge < -0.3 is 4.74 Å². The number of rotatable bonds is 14. The quantitative estimate of drug-likeness (QED) is 0.224. The van der Waals surface area contributed by atoms with Crippen LogP contribution in [0.15, 0.2) is 24.3 Å². The van der Waals surface area contributed by atoms with E-state index in [9.17, 15) is 4.79 Å². The molecule has 0 heterocycles. The molecule has 2 nitrogen and oxygen atoms in total. The number of esters is 1. The molecule has 0 saturated heterocycles. The largest absolute Gasteiger partial charge is 0.469 e. The number of carbonyl (C=O) groups is 1. The average molecular weight is 294 g/mol. The molecule has 0 aromatic carbocycles. The Morgan fingerprint density at radius 3 is 1.90 bits per heavy atom. The third kappa shape index (κ3) is 16.9. The Morgan fingerprint density at radius 1 is 0.762 bits per heavy atom. The molecule has 0 unspecified atom stereocenters. The van der Waals surface area contributed by atoms with Gasteiger partial charge in [-0.25, -0.2) is 0 Å². The first-order chi connectivity index (χ1) is 10.3. The number of unbranched alkanes of at least 4 members (excludes halogenated alkanes) is 8. The fourth-order valence-corrected chi connectivity index (χ4v) is 2.15. The van der Waals surface area contributed by atoms with E-state index in [1.54, 1.807) is 0 Å². The van der Waals surface area contributed by atoms with Gasteiger partial charge in [-0.2, -0.15) is 0 Å². The number of hydrogen-bond acceptors (Lipinski definition) is 2. The molecule has 0 saturated carbocycles. The molecule has 0 amide bonds. The lowest BCUT2D eigenvalue weighted by Crippen LogP contribution is -1.98. The van der Waals surface area contributed by atoms with Crippen LogP contribution in [0.1, 0.15) is 84.0 Å². The lowest BCUT2D eigenvalue weighted by molar-refractivity contribution is -0.140. The van der Waals surface area contributed by atoms with E-state index in [1.165, 1.54) is 64.9 Å². The lowest BCUT2D eigenvalue weighted by atomic mass is 10.1. The molecule has 0 aromatic heterocycles. The van der Waals surface area contributed by atoms with Crippen molar-refractivity contribution in [1.29, 1.82) is 0 Å². The summed E-state index contributed by atoms with van der Waals surface area (Å²) in [6.45, 7) is 2.23. The van der Waals surface area contributed by atoms with E-state index in [0.717, 1.165) is 12.8 Å². The van der Waals surface area contributed by atoms with Crippen LogP contribution in [0.2, 0.25) is 0 Å². The molecule has 0 bridgehead atoms. The van der Waals surface area contributed by atoms with E-state index in [2.05, 4.69) is 36.0 Å². The van der Waals surface area contributed by atoms with Gasteiger partial charge in [-0.1, -0.05) is 63.3 Å². The second kappa shape index (κ2) is 17.0. The van der Waals surface area contributed by atoms with Gasteiger partial charge in [-0.3, -0.25) is 4.79 Å². The first-order valence-corrected chi connectivity index (χ1v) is 8.68. The number of carbonyl (C=O) groups excluding carboxylic acids is 1. The van der Waals surface area contributed by atoms with Gasteiger partial charge >= 0.3 is 5.97 Å². The van der Waals surface area contributed by atoms with Crippen molar-refractivity contribution in [3.63, 3.8) is 0 Å². The van der Waals surface area contributed by atoms with Crippen LogP contribution >= 0.6 is 0 Å². The van der Waals surface area contributed by atoms with E-state index >= 15 is 0 Å². The summed E-state index contributed by atoms with van der Waals surface area (Å²) < 4.78 is 4.62. The molecule has 0 aliphatic carbocycles. The fraction of sp³-hybridized carbons (Fsp3) is 0.737. The van der Waals surface area contributed by atoms with E-state index in [-0.39, 0.29) is 5.97 Å². The molecular formula is C19H34O2. The Kier molecular flexibility index (Phi) is 16.2. The summed E-state index contributed by atoms with van der Waals surface area (Å²) in [5, 5.41) is 0. The molecule has 2 heteroatoms. The number of methoxy groups -OCH3 is 1. The van der Waals surface area contributed by atoms with Crippen LogP contribution in [-0.2, 0) is 9.53 Å². The Bertz CT molecular complexity index is 279. The molecule has 0 N–H and O–H groups in total. The first-order valence-electron chi connectivity index (χ1n) is 8.68. The highest BCUT2D eigenvalue weighted by atomic mass is 16.5. The standard InChI is InChI=1S/C19H34O2/c1-3-4-5-6-7-8-9-10-11-12-13-14-15-16-17-18-19(20)21-2/h6-7,10-11H,3-5,8-9,12-18H2,1-2H3/b7-6+,11-10+. The average Bonchev–Trinajstić information content (AvgIpc) is 2.50. The van der Waals surface area contributed by atoms with Crippen LogP contribution in [-0.4, -0.2) is 13.1 Å². The maximum Gasteiger partial charge on any atom is 0.305 e. The molecule has 0 aliphatic heterocycles. The van der Waals surface area contributed by atoms with Gasteiger partial charge in [0.2, 0.25) is 0 Å². The Balaban J connectivity index is 3.18. The Labute approximate surface area is 131 Å². The minimum Gasteiger partial charge on any atom is -0.469 e. The fourth-order valence-electron chi connectivity index (χ4n) is 2.15. The van der Waals surface area contributed by atoms with Gasteiger partial charge in [0.15, 0.2) is 0 Å². The smallest absolute Gasteiger partial charge is 0.305 e. The zero-order valence-corrected chi connectivity index (χ0v) is 14.1. The van der Waals surface area contributed by atoms with Gasteiger partial charge in [0.1, 0.15) is 0 Å². The van der Waals surface area contributed by atoms with Gasteiger partial charge in [-0.05, 0) is 38.5 Å². The van der Waals surface area contributed by atoms with Gasteiger partial charge in [0, 0.05) is 6.42 Å². The van der Waals surface area contributed by atoms with Crippen molar-refractivity contribution in [2.45, 2.75) is 84.0 Å². The molecule has 0 fully saturated rings. The van der Waals surface area contributed by atoms with Gasteiger partial charge in [0.05, 0.1) is 7.11 Å². The maximum absolute atomic E-state index is 10.9. The van der Waals surface area contributed by atoms with Crippen LogP contribution in [0, 0.1) is 0 Å². The second-order valence-corrected chi connectivity index (χ2v) is 5.54. The molecular weight excluding hydrogens is 260 g/mol. The molecule has 21 heavy (non-hydrogen) atoms. The van der Waals surface area contributed by atoms with E-state index in [4.69, 9.17) is 0 Å². The summed E-state index contributed by atoms with van der Waals surface area (Å²) >= 11 is 0. The molecule has 0 rings (SSSR count). The van der Waals surface area contributed by atoms with Crippen LogP contribution in [0.4, 0.5) is 0 Å². The molecule has 0 atom stereocenters. The molecule has 122 valence electrons. The molecule has 0 radical (unpaired) electrons. The third-order valence-electron chi connectivity index (χ3n) is 3.54. The maximum atomic E-state index is 10.9. The van der Waals surface area contributed by atoms with E-state index in [0.29, 0.717) is 6.42 Å². The van der Waals surface area contributed by atoms with Crippen LogP contribution in [0.25, 0.3) is 0 Å². The molecule has 0 aliphatic rings. The normalized spacial score (nSPS) is 11.5. The Hall–Kier alpha value is -1.05. The number of allylic oxidation sites excluding steroid dienone is 4. The van der Waals surface area contributed by atoms with Crippen molar-refractivity contribution >= 4 is 5.97 Å². The molecule has 0 spiro atoms. The molecule has 0 aromatic rings. The third-order valence-corrected chi connectivity index (χ3v) is 3.54. The summed E-state index contributed by atoms with van der Waals surface area (Å²) in [6, 6.07) is 0. The topological polar surface area (TPSA) is 26.3 Å². The van der Waals surface area contributed by atoms with Crippen molar-refractivity contribution in [3.8, 4) is 0 Å². The van der Waals surface area contributed by atoms with Crippen LogP contribution in [0.5, 0.6) is 0 Å². The number of ether oxygens (including phenoxy) is 1. The van der Waals surface area contributed by atoms with Crippen LogP contribution in [0.3, 0.4) is 0 Å². The van der Waals surface area contributed by atoms with Crippen molar-refractivity contribution < 1.29 is 9.53 Å². The predicted molar refractivity (Wildman–Crippen MR) is 91.4 cm³/mol. The Morgan fingerprint density at radius 2 is 1.29 bits per heavy atom. The summed E-state index contributed by atoms with van der Waals surface area (Å²) in [7, 11) is 1.45. The summed E-state index contributed by atoms with van der Waals surface area (Å²) in [4.78, 5) is 10.9. The minimum absolute atomic E-state index is 0.0818. The summed E-state index contributed by atoms with van der Waals surface area (Å²) in [6.07, 6.45) is 23.0. The van der Waals surface area contributed by atoms with Crippen molar-refractivity contribution in [1.82, 2.24) is 0 Å². The zero-order chi connectivity index (χ0) is 15.6.